The fraction of sp³-hybridized carbons (Fsp3) is 0.190. The molecule has 0 aliphatic carbocycles. The van der Waals surface area contributed by atoms with Crippen molar-refractivity contribution in [3.05, 3.63) is 71.5 Å². The molecule has 3 heterocycles. The molecule has 0 saturated heterocycles. The third kappa shape index (κ3) is 3.75. The third-order valence-electron chi connectivity index (χ3n) is 4.43. The number of nitrogens with zero attached hydrogens (tertiary/aromatic N) is 3. The highest BCUT2D eigenvalue weighted by Crippen LogP contribution is 2.31. The van der Waals surface area contributed by atoms with E-state index in [0.29, 0.717) is 6.54 Å². The van der Waals surface area contributed by atoms with Crippen molar-refractivity contribution in [1.82, 2.24) is 19.9 Å². The first-order valence-corrected chi connectivity index (χ1v) is 9.82. The lowest BCUT2D eigenvalue weighted by molar-refractivity contribution is -0.120. The summed E-state index contributed by atoms with van der Waals surface area (Å²) in [6.45, 7) is 3.49. The maximum Gasteiger partial charge on any atom is 0.226 e. The third-order valence-corrected chi connectivity index (χ3v) is 5.36. The van der Waals surface area contributed by atoms with Crippen LogP contribution in [0.4, 0.5) is 0 Å². The second kappa shape index (κ2) is 7.72. The Labute approximate surface area is 161 Å². The van der Waals surface area contributed by atoms with Gasteiger partial charge in [-0.25, -0.2) is 9.97 Å². The lowest BCUT2D eigenvalue weighted by Gasteiger charge is -2.03. The van der Waals surface area contributed by atoms with E-state index in [1.54, 1.807) is 11.3 Å². The summed E-state index contributed by atoms with van der Waals surface area (Å²) in [5.74, 6) is -0.0200. The molecular weight excluding hydrogens is 356 g/mol. The molecule has 6 heteroatoms. The molecule has 0 aliphatic heterocycles. The molecule has 0 aliphatic rings. The standard InChI is InChI=1S/C21H20N4OS/c1-2-25-13-18(17-9-6-10-22-20(17)25)21-24-16(14-27-21)11-19(26)23-12-15-7-4-3-5-8-15/h3-10,13-14H,2,11-12H2,1H3,(H,23,26). The second-order valence-corrected chi connectivity index (χ2v) is 7.14. The van der Waals surface area contributed by atoms with E-state index >= 15 is 0 Å². The highest BCUT2D eigenvalue weighted by atomic mass is 32.1. The molecule has 3 aromatic heterocycles. The zero-order valence-corrected chi connectivity index (χ0v) is 15.9. The van der Waals surface area contributed by atoms with Gasteiger partial charge in [0.05, 0.1) is 12.1 Å². The van der Waals surface area contributed by atoms with Gasteiger partial charge in [0, 0.05) is 41.8 Å². The molecule has 1 aromatic carbocycles. The quantitative estimate of drug-likeness (QED) is 0.552. The van der Waals surface area contributed by atoms with Crippen molar-refractivity contribution in [2.45, 2.75) is 26.4 Å². The van der Waals surface area contributed by atoms with Gasteiger partial charge in [-0.15, -0.1) is 11.3 Å². The number of fused-ring (bicyclic) bond motifs is 1. The summed E-state index contributed by atoms with van der Waals surface area (Å²) >= 11 is 1.57. The summed E-state index contributed by atoms with van der Waals surface area (Å²) < 4.78 is 2.12. The number of aromatic nitrogens is 3. The zero-order chi connectivity index (χ0) is 18.6. The van der Waals surface area contributed by atoms with Crippen LogP contribution in [0.5, 0.6) is 0 Å². The molecule has 0 saturated carbocycles. The van der Waals surface area contributed by atoms with Crippen LogP contribution in [0.3, 0.4) is 0 Å². The number of amides is 1. The van der Waals surface area contributed by atoms with Crippen molar-refractivity contribution >= 4 is 28.3 Å². The van der Waals surface area contributed by atoms with Crippen molar-refractivity contribution in [3.8, 4) is 10.6 Å². The first-order valence-electron chi connectivity index (χ1n) is 8.94. The van der Waals surface area contributed by atoms with Crippen LogP contribution in [-0.4, -0.2) is 20.4 Å². The largest absolute Gasteiger partial charge is 0.352 e. The van der Waals surface area contributed by atoms with E-state index in [1.807, 2.05) is 48.0 Å². The minimum atomic E-state index is -0.0200. The zero-order valence-electron chi connectivity index (χ0n) is 15.1. The van der Waals surface area contributed by atoms with Gasteiger partial charge in [0.2, 0.25) is 5.91 Å². The lowest BCUT2D eigenvalue weighted by atomic mass is 10.2. The number of pyridine rings is 1. The number of hydrogen-bond donors (Lipinski definition) is 1. The van der Waals surface area contributed by atoms with E-state index < -0.39 is 0 Å². The van der Waals surface area contributed by atoms with Gasteiger partial charge in [-0.3, -0.25) is 4.79 Å². The van der Waals surface area contributed by atoms with E-state index in [9.17, 15) is 4.79 Å². The predicted octanol–water partition coefficient (Wildman–Crippen LogP) is 4.04. The Balaban J connectivity index is 1.48. The number of thiazole rings is 1. The molecule has 136 valence electrons. The first-order chi connectivity index (χ1) is 13.2. The average Bonchev–Trinajstić information content (AvgIpc) is 3.31. The number of aryl methyl sites for hydroxylation is 1. The molecular formula is C21H20N4OS. The second-order valence-electron chi connectivity index (χ2n) is 6.29. The smallest absolute Gasteiger partial charge is 0.226 e. The normalized spacial score (nSPS) is 11.0. The van der Waals surface area contributed by atoms with Gasteiger partial charge in [-0.2, -0.15) is 0 Å². The van der Waals surface area contributed by atoms with Gasteiger partial charge in [0.15, 0.2) is 0 Å². The minimum absolute atomic E-state index is 0.0200. The van der Waals surface area contributed by atoms with Gasteiger partial charge in [0.25, 0.3) is 0 Å². The molecule has 0 unspecified atom stereocenters. The van der Waals surface area contributed by atoms with Crippen LogP contribution in [0.2, 0.25) is 0 Å². The molecule has 0 fully saturated rings. The number of benzene rings is 1. The number of hydrogen-bond acceptors (Lipinski definition) is 4. The van der Waals surface area contributed by atoms with Crippen molar-refractivity contribution in [2.24, 2.45) is 0 Å². The average molecular weight is 376 g/mol. The lowest BCUT2D eigenvalue weighted by Crippen LogP contribution is -2.24. The molecule has 4 aromatic rings. The van der Waals surface area contributed by atoms with Gasteiger partial charge in [0.1, 0.15) is 10.7 Å². The van der Waals surface area contributed by atoms with Crippen LogP contribution in [-0.2, 0) is 24.3 Å². The predicted molar refractivity (Wildman–Crippen MR) is 109 cm³/mol. The molecule has 27 heavy (non-hydrogen) atoms. The van der Waals surface area contributed by atoms with Crippen LogP contribution < -0.4 is 5.32 Å². The van der Waals surface area contributed by atoms with Crippen LogP contribution in [0.25, 0.3) is 21.6 Å². The number of nitrogens with one attached hydrogen (secondary N) is 1. The number of rotatable bonds is 6. The minimum Gasteiger partial charge on any atom is -0.352 e. The summed E-state index contributed by atoms with van der Waals surface area (Å²) in [4.78, 5) is 21.4. The van der Waals surface area contributed by atoms with Crippen molar-refractivity contribution in [2.75, 3.05) is 0 Å². The van der Waals surface area contributed by atoms with Crippen molar-refractivity contribution < 1.29 is 4.79 Å². The van der Waals surface area contributed by atoms with E-state index in [4.69, 9.17) is 0 Å². The van der Waals surface area contributed by atoms with Crippen molar-refractivity contribution in [1.29, 1.82) is 0 Å². The maximum absolute atomic E-state index is 12.2. The fourth-order valence-electron chi connectivity index (χ4n) is 3.07. The number of carbonyl (C=O) groups is 1. The topological polar surface area (TPSA) is 59.8 Å². The summed E-state index contributed by atoms with van der Waals surface area (Å²) in [6, 6.07) is 13.9. The van der Waals surface area contributed by atoms with Crippen LogP contribution in [0.15, 0.2) is 60.2 Å². The summed E-state index contributed by atoms with van der Waals surface area (Å²) in [5.41, 5.74) is 3.92. The summed E-state index contributed by atoms with van der Waals surface area (Å²) in [5, 5.41) is 6.93. The number of carbonyl (C=O) groups excluding carboxylic acids is 1. The Bertz CT molecular complexity index is 1070. The molecule has 0 atom stereocenters. The molecule has 0 radical (unpaired) electrons. The Morgan fingerprint density at radius 1 is 1.19 bits per heavy atom. The van der Waals surface area contributed by atoms with Crippen molar-refractivity contribution in [3.63, 3.8) is 0 Å². The SMILES string of the molecule is CCn1cc(-c2nc(CC(=O)NCc3ccccc3)cs2)c2cccnc21. The molecule has 4 rings (SSSR count). The van der Waals surface area contributed by atoms with Crippen LogP contribution >= 0.6 is 11.3 Å². The Kier molecular flexibility index (Phi) is 4.98. The van der Waals surface area contributed by atoms with Crippen LogP contribution in [0, 0.1) is 0 Å². The summed E-state index contributed by atoms with van der Waals surface area (Å²) in [6.07, 6.45) is 4.19. The van der Waals surface area contributed by atoms with E-state index in [-0.39, 0.29) is 12.3 Å². The molecule has 1 amide bonds. The van der Waals surface area contributed by atoms with Gasteiger partial charge in [-0.1, -0.05) is 30.3 Å². The van der Waals surface area contributed by atoms with Crippen LogP contribution in [0.1, 0.15) is 18.2 Å². The van der Waals surface area contributed by atoms with E-state index in [2.05, 4.69) is 39.0 Å². The Hall–Kier alpha value is -2.99. The highest BCUT2D eigenvalue weighted by molar-refractivity contribution is 7.13. The molecule has 0 spiro atoms. The van der Waals surface area contributed by atoms with Gasteiger partial charge in [-0.05, 0) is 24.6 Å². The monoisotopic (exact) mass is 376 g/mol. The molecule has 1 N–H and O–H groups in total. The summed E-state index contributed by atoms with van der Waals surface area (Å²) in [7, 11) is 0. The molecule has 5 nitrogen and oxygen atoms in total. The Morgan fingerprint density at radius 3 is 2.85 bits per heavy atom. The first kappa shape index (κ1) is 17.4. The van der Waals surface area contributed by atoms with Gasteiger partial charge >= 0.3 is 0 Å². The van der Waals surface area contributed by atoms with Gasteiger partial charge < -0.3 is 9.88 Å². The molecule has 0 bridgehead atoms. The Morgan fingerprint density at radius 2 is 2.04 bits per heavy atom. The maximum atomic E-state index is 12.2. The van der Waals surface area contributed by atoms with E-state index in [1.165, 1.54) is 0 Å². The van der Waals surface area contributed by atoms with E-state index in [0.717, 1.165) is 39.4 Å². The fourth-order valence-corrected chi connectivity index (χ4v) is 3.91. The highest BCUT2D eigenvalue weighted by Gasteiger charge is 2.14.